The van der Waals surface area contributed by atoms with Crippen molar-refractivity contribution in [3.05, 3.63) is 45.5 Å². The van der Waals surface area contributed by atoms with Gasteiger partial charge in [-0.2, -0.15) is 5.10 Å². The minimum Gasteiger partial charge on any atom is -0.294 e. The Balaban J connectivity index is 2.27. The molecule has 6 heteroatoms. The lowest BCUT2D eigenvalue weighted by molar-refractivity contribution is 0.0990. The maximum Gasteiger partial charge on any atom is 0.169 e. The van der Waals surface area contributed by atoms with Crippen molar-refractivity contribution in [2.75, 3.05) is 0 Å². The summed E-state index contributed by atoms with van der Waals surface area (Å²) in [6, 6.07) is 3.19. The van der Waals surface area contributed by atoms with Gasteiger partial charge in [0.15, 0.2) is 5.78 Å². The lowest BCUT2D eigenvalue weighted by Crippen LogP contribution is -2.08. The molecule has 0 aromatic carbocycles. The first kappa shape index (κ1) is 14.0. The topological polar surface area (TPSA) is 47.8 Å². The van der Waals surface area contributed by atoms with Crippen molar-refractivity contribution >= 4 is 29.0 Å². The predicted molar refractivity (Wildman–Crippen MR) is 74.9 cm³/mol. The third-order valence-electron chi connectivity index (χ3n) is 2.88. The Kier molecular flexibility index (Phi) is 4.22. The number of carbonyl (C=O) groups is 1. The second kappa shape index (κ2) is 5.72. The molecule has 0 spiro atoms. The van der Waals surface area contributed by atoms with Crippen LogP contribution < -0.4 is 0 Å². The molecule has 0 fully saturated rings. The molecule has 0 saturated heterocycles. The van der Waals surface area contributed by atoms with E-state index in [9.17, 15) is 4.79 Å². The van der Waals surface area contributed by atoms with E-state index < -0.39 is 0 Å². The molecule has 0 aliphatic heterocycles. The minimum atomic E-state index is -0.0585. The normalized spacial score (nSPS) is 10.7. The smallest absolute Gasteiger partial charge is 0.169 e. The fourth-order valence-corrected chi connectivity index (χ4v) is 2.38. The first-order valence-electron chi connectivity index (χ1n) is 5.88. The average molecular weight is 298 g/mol. The van der Waals surface area contributed by atoms with Gasteiger partial charge in [0.25, 0.3) is 0 Å². The van der Waals surface area contributed by atoms with E-state index in [-0.39, 0.29) is 12.2 Å². The van der Waals surface area contributed by atoms with Gasteiger partial charge < -0.3 is 0 Å². The molecule has 19 heavy (non-hydrogen) atoms. The summed E-state index contributed by atoms with van der Waals surface area (Å²) in [5.74, 6) is -0.0585. The predicted octanol–water partition coefficient (Wildman–Crippen LogP) is 3.11. The molecule has 2 aromatic heterocycles. The van der Waals surface area contributed by atoms with Crippen LogP contribution in [-0.2, 0) is 19.9 Å². The summed E-state index contributed by atoms with van der Waals surface area (Å²) in [5, 5.41) is 5.16. The Hall–Kier alpha value is -1.39. The molecule has 4 nitrogen and oxygen atoms in total. The van der Waals surface area contributed by atoms with Crippen LogP contribution in [0.15, 0.2) is 18.3 Å². The van der Waals surface area contributed by atoms with E-state index in [0.29, 0.717) is 15.7 Å². The van der Waals surface area contributed by atoms with Crippen molar-refractivity contribution in [3.8, 4) is 0 Å². The van der Waals surface area contributed by atoms with Gasteiger partial charge in [-0.05, 0) is 18.6 Å². The molecule has 0 atom stereocenters. The number of aryl methyl sites for hydroxylation is 2. The maximum absolute atomic E-state index is 12.2. The van der Waals surface area contributed by atoms with Crippen LogP contribution in [0.1, 0.15) is 28.7 Å². The van der Waals surface area contributed by atoms with E-state index >= 15 is 0 Å². The number of halogens is 2. The van der Waals surface area contributed by atoms with E-state index in [1.807, 2.05) is 6.92 Å². The van der Waals surface area contributed by atoms with E-state index in [4.69, 9.17) is 23.2 Å². The lowest BCUT2D eigenvalue weighted by atomic mass is 10.1. The standard InChI is InChI=1S/C13H13Cl2N3O/c1-3-9-13(15)10(18(2)17-9)7-11(19)8-4-5-16-12(14)6-8/h4-6H,3,7H2,1-2H3. The maximum atomic E-state index is 12.2. The Morgan fingerprint density at radius 2 is 2.16 bits per heavy atom. The Morgan fingerprint density at radius 3 is 2.74 bits per heavy atom. The molecular formula is C13H13Cl2N3O. The van der Waals surface area contributed by atoms with Crippen LogP contribution in [0, 0.1) is 0 Å². The van der Waals surface area contributed by atoms with Gasteiger partial charge in [-0.15, -0.1) is 0 Å². The van der Waals surface area contributed by atoms with Crippen molar-refractivity contribution in [1.29, 1.82) is 0 Å². The van der Waals surface area contributed by atoms with E-state index in [0.717, 1.165) is 17.8 Å². The molecule has 0 unspecified atom stereocenters. The third-order valence-corrected chi connectivity index (χ3v) is 3.52. The highest BCUT2D eigenvalue weighted by Gasteiger charge is 2.17. The van der Waals surface area contributed by atoms with Crippen LogP contribution >= 0.6 is 23.2 Å². The highest BCUT2D eigenvalue weighted by molar-refractivity contribution is 6.32. The zero-order chi connectivity index (χ0) is 14.0. The molecule has 0 radical (unpaired) electrons. The van der Waals surface area contributed by atoms with Gasteiger partial charge in [0.1, 0.15) is 5.15 Å². The Labute approximate surface area is 121 Å². The van der Waals surface area contributed by atoms with Gasteiger partial charge in [-0.25, -0.2) is 4.98 Å². The van der Waals surface area contributed by atoms with Gasteiger partial charge in [-0.1, -0.05) is 30.1 Å². The monoisotopic (exact) mass is 297 g/mol. The first-order valence-corrected chi connectivity index (χ1v) is 6.63. The van der Waals surface area contributed by atoms with Crippen molar-refractivity contribution in [1.82, 2.24) is 14.8 Å². The largest absolute Gasteiger partial charge is 0.294 e. The molecule has 2 heterocycles. The summed E-state index contributed by atoms with van der Waals surface area (Å²) >= 11 is 12.0. The Morgan fingerprint density at radius 1 is 1.42 bits per heavy atom. The fourth-order valence-electron chi connectivity index (χ4n) is 1.84. The number of pyridine rings is 1. The number of hydrogen-bond acceptors (Lipinski definition) is 3. The van der Waals surface area contributed by atoms with Gasteiger partial charge in [0, 0.05) is 18.8 Å². The SMILES string of the molecule is CCc1nn(C)c(CC(=O)c2ccnc(Cl)c2)c1Cl. The average Bonchev–Trinajstić information content (AvgIpc) is 2.66. The molecule has 0 saturated carbocycles. The van der Waals surface area contributed by atoms with E-state index in [1.165, 1.54) is 6.20 Å². The van der Waals surface area contributed by atoms with Crippen LogP contribution in [0.3, 0.4) is 0 Å². The highest BCUT2D eigenvalue weighted by Crippen LogP contribution is 2.22. The van der Waals surface area contributed by atoms with Crippen molar-refractivity contribution in [3.63, 3.8) is 0 Å². The quantitative estimate of drug-likeness (QED) is 0.643. The number of Topliss-reactive ketones (excluding diaryl/α,β-unsaturated/α-hetero) is 1. The fraction of sp³-hybridized carbons (Fsp3) is 0.308. The summed E-state index contributed by atoms with van der Waals surface area (Å²) in [5.41, 5.74) is 2.05. The van der Waals surface area contributed by atoms with Gasteiger partial charge in [-0.3, -0.25) is 9.48 Å². The number of aromatic nitrogens is 3. The molecule has 0 aliphatic rings. The van der Waals surface area contributed by atoms with Gasteiger partial charge >= 0.3 is 0 Å². The molecule has 0 aliphatic carbocycles. The molecule has 0 N–H and O–H groups in total. The van der Waals surface area contributed by atoms with Crippen LogP contribution in [0.25, 0.3) is 0 Å². The third kappa shape index (κ3) is 2.96. The summed E-state index contributed by atoms with van der Waals surface area (Å²) in [6.45, 7) is 1.97. The van der Waals surface area contributed by atoms with Gasteiger partial charge in [0.05, 0.1) is 22.8 Å². The zero-order valence-corrected chi connectivity index (χ0v) is 12.2. The summed E-state index contributed by atoms with van der Waals surface area (Å²) in [6.07, 6.45) is 2.45. The zero-order valence-electron chi connectivity index (χ0n) is 10.7. The lowest BCUT2D eigenvalue weighted by Gasteiger charge is -2.03. The van der Waals surface area contributed by atoms with Crippen molar-refractivity contribution in [2.24, 2.45) is 7.05 Å². The molecule has 0 bridgehead atoms. The number of carbonyl (C=O) groups excluding carboxylic acids is 1. The first-order chi connectivity index (χ1) is 9.02. The van der Waals surface area contributed by atoms with E-state index in [2.05, 4.69) is 10.1 Å². The Bertz CT molecular complexity index is 622. The molecule has 0 amide bonds. The molecular weight excluding hydrogens is 285 g/mol. The number of nitrogens with zero attached hydrogens (tertiary/aromatic N) is 3. The highest BCUT2D eigenvalue weighted by atomic mass is 35.5. The molecule has 2 rings (SSSR count). The second-order valence-electron chi connectivity index (χ2n) is 4.15. The van der Waals surface area contributed by atoms with Crippen molar-refractivity contribution in [2.45, 2.75) is 19.8 Å². The van der Waals surface area contributed by atoms with Crippen LogP contribution in [0.5, 0.6) is 0 Å². The molecule has 2 aromatic rings. The minimum absolute atomic E-state index is 0.0585. The summed E-state index contributed by atoms with van der Waals surface area (Å²) in [4.78, 5) is 16.0. The van der Waals surface area contributed by atoms with Gasteiger partial charge in [0.2, 0.25) is 0 Å². The van der Waals surface area contributed by atoms with E-state index in [1.54, 1.807) is 23.9 Å². The van der Waals surface area contributed by atoms with Crippen LogP contribution in [0.2, 0.25) is 10.2 Å². The number of rotatable bonds is 4. The second-order valence-corrected chi connectivity index (χ2v) is 4.92. The van der Waals surface area contributed by atoms with Crippen LogP contribution in [0.4, 0.5) is 0 Å². The number of hydrogen-bond donors (Lipinski definition) is 0. The summed E-state index contributed by atoms with van der Waals surface area (Å²) in [7, 11) is 1.78. The van der Waals surface area contributed by atoms with Crippen molar-refractivity contribution < 1.29 is 4.79 Å². The number of ketones is 1. The summed E-state index contributed by atoms with van der Waals surface area (Å²) < 4.78 is 1.65. The van der Waals surface area contributed by atoms with Crippen LogP contribution in [-0.4, -0.2) is 20.5 Å². The molecule has 100 valence electrons.